The van der Waals surface area contributed by atoms with Gasteiger partial charge in [0.2, 0.25) is 0 Å². The minimum Gasteiger partial charge on any atom is -0.497 e. The molecule has 1 heterocycles. The Morgan fingerprint density at radius 3 is 2.50 bits per heavy atom. The summed E-state index contributed by atoms with van der Waals surface area (Å²) in [6.07, 6.45) is 0.523. The number of aromatic amines is 1. The van der Waals surface area contributed by atoms with E-state index in [1.807, 2.05) is 12.1 Å². The van der Waals surface area contributed by atoms with Gasteiger partial charge in [-0.25, -0.2) is 4.98 Å². The summed E-state index contributed by atoms with van der Waals surface area (Å²) in [7, 11) is 3.02. The molecule has 0 saturated carbocycles. The molecule has 0 spiro atoms. The molecule has 0 aliphatic heterocycles. The molecule has 26 heavy (non-hydrogen) atoms. The number of aliphatic carboxylic acids is 1. The minimum atomic E-state index is -0.836. The van der Waals surface area contributed by atoms with Crippen molar-refractivity contribution in [2.45, 2.75) is 12.8 Å². The van der Waals surface area contributed by atoms with Crippen LogP contribution in [0.2, 0.25) is 0 Å². The average Bonchev–Trinajstić information content (AvgIpc) is 2.65. The van der Waals surface area contributed by atoms with Crippen molar-refractivity contribution < 1.29 is 19.4 Å². The Morgan fingerprint density at radius 1 is 1.15 bits per heavy atom. The summed E-state index contributed by atoms with van der Waals surface area (Å²) < 4.78 is 10.5. The number of methoxy groups -OCH3 is 2. The maximum absolute atomic E-state index is 12.5. The molecule has 0 unspecified atom stereocenters. The molecule has 0 amide bonds. The standard InChI is InChI=1S/C19H18N2O5/c1-25-13-9-14-17(15(10-13)26-2)19(24)21-18(20-14)12-6-3-11(4-7-12)5-8-16(22)23/h3-4,6-7,9-10H,5,8H2,1-2H3,(H,22,23)(H,20,21,24). The van der Waals surface area contributed by atoms with Gasteiger partial charge in [-0.3, -0.25) is 9.59 Å². The molecule has 7 nitrogen and oxygen atoms in total. The SMILES string of the molecule is COc1cc(OC)c2c(=O)[nH]c(-c3ccc(CCC(=O)O)cc3)nc2c1. The van der Waals surface area contributed by atoms with Crippen LogP contribution >= 0.6 is 0 Å². The number of rotatable bonds is 6. The average molecular weight is 354 g/mol. The van der Waals surface area contributed by atoms with Crippen LogP contribution < -0.4 is 15.0 Å². The van der Waals surface area contributed by atoms with Gasteiger partial charge in [0.25, 0.3) is 5.56 Å². The highest BCUT2D eigenvalue weighted by Crippen LogP contribution is 2.28. The lowest BCUT2D eigenvalue weighted by molar-refractivity contribution is -0.136. The highest BCUT2D eigenvalue weighted by Gasteiger charge is 2.13. The second-order valence-corrected chi connectivity index (χ2v) is 5.73. The Labute approximate surface area is 149 Å². The number of ether oxygens (including phenoxy) is 2. The van der Waals surface area contributed by atoms with Crippen LogP contribution in [0, 0.1) is 0 Å². The fourth-order valence-electron chi connectivity index (χ4n) is 2.71. The summed E-state index contributed by atoms with van der Waals surface area (Å²) in [4.78, 5) is 30.5. The molecule has 0 saturated heterocycles. The van der Waals surface area contributed by atoms with Crippen molar-refractivity contribution in [2.75, 3.05) is 14.2 Å². The Bertz CT molecular complexity index is 1010. The first-order valence-corrected chi connectivity index (χ1v) is 7.99. The van der Waals surface area contributed by atoms with Crippen molar-refractivity contribution in [1.82, 2.24) is 9.97 Å². The van der Waals surface area contributed by atoms with Crippen LogP contribution in [0.5, 0.6) is 11.5 Å². The van der Waals surface area contributed by atoms with Gasteiger partial charge in [-0.1, -0.05) is 24.3 Å². The predicted molar refractivity (Wildman–Crippen MR) is 96.9 cm³/mol. The fourth-order valence-corrected chi connectivity index (χ4v) is 2.71. The van der Waals surface area contributed by atoms with Gasteiger partial charge in [0.05, 0.1) is 19.7 Å². The van der Waals surface area contributed by atoms with E-state index in [0.717, 1.165) is 11.1 Å². The molecule has 3 rings (SSSR count). The van der Waals surface area contributed by atoms with Crippen molar-refractivity contribution >= 4 is 16.9 Å². The quantitative estimate of drug-likeness (QED) is 0.706. The van der Waals surface area contributed by atoms with Gasteiger partial charge >= 0.3 is 5.97 Å². The van der Waals surface area contributed by atoms with E-state index in [4.69, 9.17) is 14.6 Å². The maximum Gasteiger partial charge on any atom is 0.303 e. The monoisotopic (exact) mass is 354 g/mol. The zero-order chi connectivity index (χ0) is 18.7. The summed E-state index contributed by atoms with van der Waals surface area (Å²) in [6, 6.07) is 10.6. The number of aromatic nitrogens is 2. The molecule has 0 radical (unpaired) electrons. The molecule has 1 aromatic heterocycles. The zero-order valence-electron chi connectivity index (χ0n) is 14.4. The number of fused-ring (bicyclic) bond motifs is 1. The normalized spacial score (nSPS) is 10.7. The largest absolute Gasteiger partial charge is 0.497 e. The first-order chi connectivity index (χ1) is 12.5. The van der Waals surface area contributed by atoms with E-state index in [2.05, 4.69) is 9.97 Å². The number of hydrogen-bond acceptors (Lipinski definition) is 5. The van der Waals surface area contributed by atoms with E-state index in [1.54, 1.807) is 24.3 Å². The molecule has 3 aromatic rings. The van der Waals surface area contributed by atoms with E-state index in [-0.39, 0.29) is 12.0 Å². The van der Waals surface area contributed by atoms with Gasteiger partial charge in [-0.05, 0) is 12.0 Å². The van der Waals surface area contributed by atoms with Gasteiger partial charge in [-0.2, -0.15) is 0 Å². The lowest BCUT2D eigenvalue weighted by atomic mass is 10.1. The minimum absolute atomic E-state index is 0.0734. The highest BCUT2D eigenvalue weighted by molar-refractivity contribution is 5.87. The molecular formula is C19H18N2O5. The van der Waals surface area contributed by atoms with Crippen molar-refractivity contribution in [3.05, 3.63) is 52.3 Å². The molecule has 0 atom stereocenters. The van der Waals surface area contributed by atoms with E-state index < -0.39 is 5.97 Å². The molecule has 0 bridgehead atoms. The molecular weight excluding hydrogens is 336 g/mol. The molecule has 134 valence electrons. The third-order valence-electron chi connectivity index (χ3n) is 4.06. The Morgan fingerprint density at radius 2 is 1.88 bits per heavy atom. The Hall–Kier alpha value is -3.35. The number of aryl methyl sites for hydroxylation is 1. The third kappa shape index (κ3) is 3.51. The Balaban J connectivity index is 2.03. The predicted octanol–water partition coefficient (Wildman–Crippen LogP) is 2.62. The van der Waals surface area contributed by atoms with Crippen molar-refractivity contribution in [3.8, 4) is 22.9 Å². The summed E-state index contributed by atoms with van der Waals surface area (Å²) in [5, 5.41) is 9.11. The number of benzene rings is 2. The van der Waals surface area contributed by atoms with E-state index in [0.29, 0.717) is 34.6 Å². The number of H-pyrrole nitrogens is 1. The van der Waals surface area contributed by atoms with Crippen LogP contribution in [0.4, 0.5) is 0 Å². The van der Waals surface area contributed by atoms with Crippen LogP contribution in [-0.2, 0) is 11.2 Å². The smallest absolute Gasteiger partial charge is 0.303 e. The molecule has 2 aromatic carbocycles. The van der Waals surface area contributed by atoms with E-state index >= 15 is 0 Å². The van der Waals surface area contributed by atoms with Gasteiger partial charge in [0, 0.05) is 24.1 Å². The van der Waals surface area contributed by atoms with E-state index in [1.165, 1.54) is 14.2 Å². The number of carboxylic acids is 1. The molecule has 7 heteroatoms. The lowest BCUT2D eigenvalue weighted by Gasteiger charge is -2.09. The van der Waals surface area contributed by atoms with Crippen LogP contribution in [0.15, 0.2) is 41.2 Å². The first-order valence-electron chi connectivity index (χ1n) is 7.99. The van der Waals surface area contributed by atoms with Gasteiger partial charge < -0.3 is 19.6 Å². The van der Waals surface area contributed by atoms with Crippen molar-refractivity contribution in [1.29, 1.82) is 0 Å². The summed E-state index contributed by atoms with van der Waals surface area (Å²) in [6.45, 7) is 0. The summed E-state index contributed by atoms with van der Waals surface area (Å²) in [5.74, 6) is 0.520. The molecule has 2 N–H and O–H groups in total. The lowest BCUT2D eigenvalue weighted by Crippen LogP contribution is -2.11. The first kappa shape index (κ1) is 17.5. The topological polar surface area (TPSA) is 102 Å². The van der Waals surface area contributed by atoms with Crippen LogP contribution in [0.3, 0.4) is 0 Å². The van der Waals surface area contributed by atoms with Gasteiger partial charge in [0.15, 0.2) is 0 Å². The summed E-state index contributed by atoms with van der Waals surface area (Å²) in [5.41, 5.74) is 1.79. The third-order valence-corrected chi connectivity index (χ3v) is 4.06. The number of nitrogens with one attached hydrogen (secondary N) is 1. The Kier molecular flexibility index (Phi) is 4.88. The van der Waals surface area contributed by atoms with E-state index in [9.17, 15) is 9.59 Å². The highest BCUT2D eigenvalue weighted by atomic mass is 16.5. The van der Waals surface area contributed by atoms with Gasteiger partial charge in [0.1, 0.15) is 22.7 Å². The maximum atomic E-state index is 12.5. The van der Waals surface area contributed by atoms with Crippen LogP contribution in [0.1, 0.15) is 12.0 Å². The second kappa shape index (κ2) is 7.26. The molecule has 0 fully saturated rings. The summed E-state index contributed by atoms with van der Waals surface area (Å²) >= 11 is 0. The number of carboxylic acid groups (broad SMARTS) is 1. The van der Waals surface area contributed by atoms with Crippen LogP contribution in [0.25, 0.3) is 22.3 Å². The second-order valence-electron chi connectivity index (χ2n) is 5.73. The molecule has 0 aliphatic rings. The number of carbonyl (C=O) groups is 1. The fraction of sp³-hybridized carbons (Fsp3) is 0.211. The number of hydrogen-bond donors (Lipinski definition) is 2. The van der Waals surface area contributed by atoms with Crippen LogP contribution in [-0.4, -0.2) is 35.3 Å². The zero-order valence-corrected chi connectivity index (χ0v) is 14.4. The molecule has 0 aliphatic carbocycles. The van der Waals surface area contributed by atoms with Crippen molar-refractivity contribution in [3.63, 3.8) is 0 Å². The van der Waals surface area contributed by atoms with Gasteiger partial charge in [-0.15, -0.1) is 0 Å². The number of nitrogens with zero attached hydrogens (tertiary/aromatic N) is 1. The van der Waals surface area contributed by atoms with Crippen molar-refractivity contribution in [2.24, 2.45) is 0 Å².